The second-order valence-electron chi connectivity index (χ2n) is 5.70. The van der Waals surface area contributed by atoms with Gasteiger partial charge in [0.15, 0.2) is 0 Å². The largest absolute Gasteiger partial charge is 0.368 e. The van der Waals surface area contributed by atoms with E-state index < -0.39 is 17.9 Å². The van der Waals surface area contributed by atoms with E-state index in [9.17, 15) is 14.0 Å². The molecule has 2 amide bonds. The van der Waals surface area contributed by atoms with E-state index in [0.29, 0.717) is 28.6 Å². The number of benzene rings is 1. The number of carbonyl (C=O) groups excluding carboxylic acids is 2. The highest BCUT2D eigenvalue weighted by Crippen LogP contribution is 2.18. The van der Waals surface area contributed by atoms with Crippen molar-refractivity contribution >= 4 is 22.7 Å². The van der Waals surface area contributed by atoms with E-state index in [4.69, 9.17) is 5.73 Å². The van der Waals surface area contributed by atoms with Crippen LogP contribution in [0.1, 0.15) is 36.3 Å². The first-order chi connectivity index (χ1) is 10.8. The van der Waals surface area contributed by atoms with Gasteiger partial charge in [-0.15, -0.1) is 0 Å². The van der Waals surface area contributed by atoms with E-state index in [0.717, 1.165) is 0 Å². The van der Waals surface area contributed by atoms with Gasteiger partial charge in [0.25, 0.3) is 5.91 Å². The molecule has 122 valence electrons. The van der Waals surface area contributed by atoms with Crippen molar-refractivity contribution in [1.82, 2.24) is 10.3 Å². The van der Waals surface area contributed by atoms with Crippen molar-refractivity contribution in [2.75, 3.05) is 0 Å². The van der Waals surface area contributed by atoms with Crippen LogP contribution in [0.4, 0.5) is 4.39 Å². The van der Waals surface area contributed by atoms with Gasteiger partial charge in [-0.3, -0.25) is 14.6 Å². The number of nitrogens with two attached hydrogens (primary N) is 1. The normalized spacial score (nSPS) is 13.6. The third-order valence-electron chi connectivity index (χ3n) is 4.02. The minimum Gasteiger partial charge on any atom is -0.368 e. The summed E-state index contributed by atoms with van der Waals surface area (Å²) in [6.07, 6.45) is 0.710. The lowest BCUT2D eigenvalue weighted by molar-refractivity contribution is -0.120. The van der Waals surface area contributed by atoms with E-state index in [1.807, 2.05) is 13.8 Å². The van der Waals surface area contributed by atoms with E-state index in [1.165, 1.54) is 12.1 Å². The van der Waals surface area contributed by atoms with Crippen LogP contribution in [0.15, 0.2) is 24.3 Å². The molecule has 0 saturated heterocycles. The van der Waals surface area contributed by atoms with E-state index in [-0.39, 0.29) is 11.7 Å². The third kappa shape index (κ3) is 3.64. The molecule has 2 unspecified atom stereocenters. The molecule has 0 aliphatic carbocycles. The molecular formula is C17H20FN3O2. The van der Waals surface area contributed by atoms with E-state index in [2.05, 4.69) is 10.3 Å². The number of aromatic nitrogens is 1. The maximum atomic E-state index is 13.2. The molecular weight excluding hydrogens is 297 g/mol. The summed E-state index contributed by atoms with van der Waals surface area (Å²) in [7, 11) is 0. The topological polar surface area (TPSA) is 85.1 Å². The Hall–Kier alpha value is -2.50. The number of amides is 2. The van der Waals surface area contributed by atoms with Crippen molar-refractivity contribution < 1.29 is 14.0 Å². The Morgan fingerprint density at radius 2 is 2.04 bits per heavy atom. The molecule has 6 heteroatoms. The highest BCUT2D eigenvalue weighted by molar-refractivity contribution is 6.00. The predicted molar refractivity (Wildman–Crippen MR) is 86.3 cm³/mol. The Kier molecular flexibility index (Phi) is 4.93. The van der Waals surface area contributed by atoms with Crippen molar-refractivity contribution in [2.24, 2.45) is 11.7 Å². The van der Waals surface area contributed by atoms with Gasteiger partial charge in [0.2, 0.25) is 5.91 Å². The zero-order chi connectivity index (χ0) is 17.1. The summed E-state index contributed by atoms with van der Waals surface area (Å²) < 4.78 is 13.2. The van der Waals surface area contributed by atoms with Crippen LogP contribution in [0.5, 0.6) is 0 Å². The first kappa shape index (κ1) is 16.9. The summed E-state index contributed by atoms with van der Waals surface area (Å²) in [4.78, 5) is 28.3. The summed E-state index contributed by atoms with van der Waals surface area (Å²) in [5.74, 6) is -1.43. The van der Waals surface area contributed by atoms with Gasteiger partial charge in [-0.05, 0) is 31.0 Å². The molecule has 1 aromatic heterocycles. The van der Waals surface area contributed by atoms with Gasteiger partial charge < -0.3 is 11.1 Å². The van der Waals surface area contributed by atoms with Crippen LogP contribution in [0.3, 0.4) is 0 Å². The Bertz CT molecular complexity index is 761. The zero-order valence-electron chi connectivity index (χ0n) is 13.4. The number of primary amides is 1. The summed E-state index contributed by atoms with van der Waals surface area (Å²) in [6.45, 7) is 5.44. The van der Waals surface area contributed by atoms with Gasteiger partial charge in [-0.2, -0.15) is 0 Å². The van der Waals surface area contributed by atoms with Crippen LogP contribution in [0.25, 0.3) is 10.9 Å². The summed E-state index contributed by atoms with van der Waals surface area (Å²) in [6, 6.07) is 5.09. The maximum Gasteiger partial charge on any atom is 0.253 e. The van der Waals surface area contributed by atoms with Crippen LogP contribution >= 0.6 is 0 Å². The number of pyridine rings is 1. The van der Waals surface area contributed by atoms with Gasteiger partial charge >= 0.3 is 0 Å². The van der Waals surface area contributed by atoms with Crippen LogP contribution in [0.2, 0.25) is 0 Å². The fourth-order valence-electron chi connectivity index (χ4n) is 2.41. The lowest BCUT2D eigenvalue weighted by Gasteiger charge is -2.21. The van der Waals surface area contributed by atoms with Crippen LogP contribution in [-0.2, 0) is 4.79 Å². The number of fused-ring (bicyclic) bond motifs is 1. The summed E-state index contributed by atoms with van der Waals surface area (Å²) in [5.41, 5.74) is 6.66. The molecule has 1 aromatic carbocycles. The molecule has 2 rings (SSSR count). The fraction of sp³-hybridized carbons (Fsp3) is 0.353. The van der Waals surface area contributed by atoms with Gasteiger partial charge in [0.1, 0.15) is 11.9 Å². The second-order valence-corrected chi connectivity index (χ2v) is 5.70. The number of hydrogen-bond donors (Lipinski definition) is 2. The molecule has 23 heavy (non-hydrogen) atoms. The summed E-state index contributed by atoms with van der Waals surface area (Å²) in [5, 5.41) is 3.33. The van der Waals surface area contributed by atoms with E-state index in [1.54, 1.807) is 19.1 Å². The maximum absolute atomic E-state index is 13.2. The molecule has 0 bridgehead atoms. The summed E-state index contributed by atoms with van der Waals surface area (Å²) >= 11 is 0. The smallest absolute Gasteiger partial charge is 0.253 e. The highest BCUT2D eigenvalue weighted by Gasteiger charge is 2.25. The van der Waals surface area contributed by atoms with Crippen LogP contribution in [-0.4, -0.2) is 22.8 Å². The number of aryl methyl sites for hydroxylation is 1. The minimum atomic E-state index is -0.740. The Morgan fingerprint density at radius 3 is 2.65 bits per heavy atom. The molecule has 0 radical (unpaired) electrons. The quantitative estimate of drug-likeness (QED) is 0.887. The Labute approximate surface area is 134 Å². The molecule has 0 fully saturated rings. The fourth-order valence-corrected chi connectivity index (χ4v) is 2.41. The molecule has 0 aliphatic rings. The molecule has 2 atom stereocenters. The van der Waals surface area contributed by atoms with Gasteiger partial charge in [-0.25, -0.2) is 4.39 Å². The van der Waals surface area contributed by atoms with Gasteiger partial charge in [0.05, 0.1) is 16.8 Å². The molecule has 0 aliphatic heterocycles. The van der Waals surface area contributed by atoms with Gasteiger partial charge in [-0.1, -0.05) is 20.3 Å². The molecule has 2 aromatic rings. The number of nitrogens with one attached hydrogen (secondary N) is 1. The zero-order valence-corrected chi connectivity index (χ0v) is 13.4. The molecule has 0 saturated carbocycles. The number of carbonyl (C=O) groups is 2. The average Bonchev–Trinajstić information content (AvgIpc) is 2.50. The lowest BCUT2D eigenvalue weighted by atomic mass is 9.98. The number of nitrogens with zero attached hydrogens (tertiary/aromatic N) is 1. The molecule has 5 nitrogen and oxygen atoms in total. The standard InChI is InChI=1S/C17H20FN3O2/c1-4-9(2)15(16(19)22)21-17(23)13-7-11-5-6-12(18)8-14(11)20-10(13)3/h5-9,15H,4H2,1-3H3,(H2,19,22)(H,21,23). The molecule has 3 N–H and O–H groups in total. The monoisotopic (exact) mass is 317 g/mol. The number of hydrogen-bond acceptors (Lipinski definition) is 3. The van der Waals surface area contributed by atoms with Crippen LogP contribution < -0.4 is 11.1 Å². The molecule has 0 spiro atoms. The number of halogens is 1. The van der Waals surface area contributed by atoms with Gasteiger partial charge in [0, 0.05) is 11.5 Å². The van der Waals surface area contributed by atoms with Crippen molar-refractivity contribution in [3.05, 3.63) is 41.3 Å². The van der Waals surface area contributed by atoms with Crippen LogP contribution in [0, 0.1) is 18.7 Å². The molecule has 1 heterocycles. The Morgan fingerprint density at radius 1 is 1.35 bits per heavy atom. The van der Waals surface area contributed by atoms with Crippen molar-refractivity contribution in [1.29, 1.82) is 0 Å². The average molecular weight is 317 g/mol. The predicted octanol–water partition coefficient (Wildman–Crippen LogP) is 2.31. The first-order valence-electron chi connectivity index (χ1n) is 7.50. The van der Waals surface area contributed by atoms with E-state index >= 15 is 0 Å². The number of rotatable bonds is 5. The lowest BCUT2D eigenvalue weighted by Crippen LogP contribution is -2.48. The first-order valence-corrected chi connectivity index (χ1v) is 7.50. The van der Waals surface area contributed by atoms with Crippen molar-refractivity contribution in [2.45, 2.75) is 33.2 Å². The highest BCUT2D eigenvalue weighted by atomic mass is 19.1. The minimum absolute atomic E-state index is 0.0701. The van der Waals surface area contributed by atoms with Crippen molar-refractivity contribution in [3.8, 4) is 0 Å². The third-order valence-corrected chi connectivity index (χ3v) is 4.02. The second kappa shape index (κ2) is 6.73. The van der Waals surface area contributed by atoms with Crippen molar-refractivity contribution in [3.63, 3.8) is 0 Å². The SMILES string of the molecule is CCC(C)C(NC(=O)c1cc2ccc(F)cc2nc1C)C(N)=O. The Balaban J connectivity index is 2.35.